The molecule has 1 spiro atoms. The molecule has 3 heterocycles. The maximum Gasteiger partial charge on any atom is 0.178 e. The molecule has 0 amide bonds. The minimum absolute atomic E-state index is 0.0498. The summed E-state index contributed by atoms with van der Waals surface area (Å²) in [6, 6.07) is 4.43. The number of fused-ring (bicyclic) bond motifs is 1. The summed E-state index contributed by atoms with van der Waals surface area (Å²) in [4.78, 5) is 2.36. The van der Waals surface area contributed by atoms with Gasteiger partial charge in [0, 0.05) is 25.0 Å². The zero-order chi connectivity index (χ0) is 17.0. The Balaban J connectivity index is 1.42. The van der Waals surface area contributed by atoms with Crippen molar-refractivity contribution in [3.8, 4) is 0 Å². The normalized spacial score (nSPS) is 35.4. The van der Waals surface area contributed by atoms with Crippen LogP contribution in [0.5, 0.6) is 0 Å². The molecular weight excluding hydrogens is 316 g/mol. The molecule has 0 radical (unpaired) electrons. The van der Waals surface area contributed by atoms with Crippen LogP contribution in [0.2, 0.25) is 0 Å². The summed E-state index contributed by atoms with van der Waals surface area (Å²) in [5.74, 6) is 3.21. The van der Waals surface area contributed by atoms with Gasteiger partial charge in [0.1, 0.15) is 5.82 Å². The van der Waals surface area contributed by atoms with E-state index in [-0.39, 0.29) is 5.60 Å². The first-order chi connectivity index (χ1) is 12.1. The van der Waals surface area contributed by atoms with Gasteiger partial charge < -0.3 is 15.4 Å². The number of anilines is 1. The van der Waals surface area contributed by atoms with Gasteiger partial charge in [-0.15, -0.1) is 15.3 Å². The SMILES string of the molecule is CC1CC1c1nnc2ccc(N3CCOC4(CCC(N)CC4)C3)nn12. The maximum absolute atomic E-state index is 6.21. The van der Waals surface area contributed by atoms with Gasteiger partial charge in [0.05, 0.1) is 12.2 Å². The Morgan fingerprint density at radius 2 is 2.04 bits per heavy atom. The van der Waals surface area contributed by atoms with E-state index < -0.39 is 0 Å². The number of rotatable bonds is 2. The maximum atomic E-state index is 6.21. The van der Waals surface area contributed by atoms with E-state index in [2.05, 4.69) is 28.1 Å². The molecule has 7 nitrogen and oxygen atoms in total. The second kappa shape index (κ2) is 5.64. The van der Waals surface area contributed by atoms with Crippen LogP contribution in [0, 0.1) is 5.92 Å². The van der Waals surface area contributed by atoms with Crippen LogP contribution in [0.3, 0.4) is 0 Å². The zero-order valence-electron chi connectivity index (χ0n) is 14.8. The van der Waals surface area contributed by atoms with Gasteiger partial charge in [-0.1, -0.05) is 6.92 Å². The fourth-order valence-corrected chi connectivity index (χ4v) is 4.39. The number of morpholine rings is 1. The molecule has 3 fully saturated rings. The summed E-state index contributed by atoms with van der Waals surface area (Å²) in [6.45, 7) is 4.79. The number of aromatic nitrogens is 4. The predicted octanol–water partition coefficient (Wildman–Crippen LogP) is 1.72. The van der Waals surface area contributed by atoms with Crippen LogP contribution in [-0.4, -0.2) is 51.2 Å². The van der Waals surface area contributed by atoms with Crippen LogP contribution in [0.1, 0.15) is 50.8 Å². The lowest BCUT2D eigenvalue weighted by Crippen LogP contribution is -2.55. The number of hydrogen-bond donors (Lipinski definition) is 1. The highest BCUT2D eigenvalue weighted by molar-refractivity contribution is 5.47. The lowest BCUT2D eigenvalue weighted by atomic mass is 9.81. The van der Waals surface area contributed by atoms with Crippen molar-refractivity contribution in [2.24, 2.45) is 11.7 Å². The van der Waals surface area contributed by atoms with Crippen molar-refractivity contribution in [1.82, 2.24) is 19.8 Å². The van der Waals surface area contributed by atoms with Crippen LogP contribution in [0.15, 0.2) is 12.1 Å². The van der Waals surface area contributed by atoms with E-state index in [9.17, 15) is 0 Å². The number of ether oxygens (including phenoxy) is 1. The molecule has 2 aromatic heterocycles. The van der Waals surface area contributed by atoms with Crippen molar-refractivity contribution < 1.29 is 4.74 Å². The molecule has 0 bridgehead atoms. The second-order valence-corrected chi connectivity index (χ2v) is 8.13. The Labute approximate surface area is 147 Å². The van der Waals surface area contributed by atoms with Gasteiger partial charge in [-0.2, -0.15) is 4.52 Å². The molecule has 2 unspecified atom stereocenters. The van der Waals surface area contributed by atoms with Crippen molar-refractivity contribution >= 4 is 11.5 Å². The van der Waals surface area contributed by atoms with Gasteiger partial charge in [0.2, 0.25) is 0 Å². The molecule has 25 heavy (non-hydrogen) atoms. The van der Waals surface area contributed by atoms with Crippen molar-refractivity contribution in [2.45, 2.75) is 56.6 Å². The van der Waals surface area contributed by atoms with Crippen LogP contribution in [0.4, 0.5) is 5.82 Å². The van der Waals surface area contributed by atoms with E-state index in [1.54, 1.807) is 0 Å². The summed E-state index contributed by atoms with van der Waals surface area (Å²) in [7, 11) is 0. The summed E-state index contributed by atoms with van der Waals surface area (Å²) in [5, 5.41) is 13.5. The Morgan fingerprint density at radius 3 is 2.80 bits per heavy atom. The summed E-state index contributed by atoms with van der Waals surface area (Å²) < 4.78 is 8.16. The van der Waals surface area contributed by atoms with Crippen molar-refractivity contribution in [3.05, 3.63) is 18.0 Å². The first-order valence-corrected chi connectivity index (χ1v) is 9.50. The summed E-state index contributed by atoms with van der Waals surface area (Å²) in [6.07, 6.45) is 5.38. The molecule has 2 aliphatic carbocycles. The van der Waals surface area contributed by atoms with Crippen molar-refractivity contribution in [2.75, 3.05) is 24.6 Å². The smallest absolute Gasteiger partial charge is 0.178 e. The Hall–Kier alpha value is -1.73. The van der Waals surface area contributed by atoms with Gasteiger partial charge in [0.25, 0.3) is 0 Å². The van der Waals surface area contributed by atoms with Crippen LogP contribution >= 0.6 is 0 Å². The lowest BCUT2D eigenvalue weighted by Gasteiger charge is -2.46. The third-order valence-electron chi connectivity index (χ3n) is 6.23. The standard InChI is InChI=1S/C18H26N6O/c1-12-10-14(12)17-21-20-15-2-3-16(22-24(15)17)23-8-9-25-18(11-23)6-4-13(19)5-7-18/h2-3,12-14H,4-11,19H2,1H3. The van der Waals surface area contributed by atoms with E-state index in [1.807, 2.05) is 10.6 Å². The van der Waals surface area contributed by atoms with E-state index in [0.717, 1.165) is 62.7 Å². The Kier molecular flexibility index (Phi) is 3.50. The molecule has 2 aromatic rings. The second-order valence-electron chi connectivity index (χ2n) is 8.13. The van der Waals surface area contributed by atoms with Crippen LogP contribution in [0.25, 0.3) is 5.65 Å². The molecule has 134 valence electrons. The number of nitrogens with zero attached hydrogens (tertiary/aromatic N) is 5. The van der Waals surface area contributed by atoms with Gasteiger partial charge in [0.15, 0.2) is 11.5 Å². The van der Waals surface area contributed by atoms with Gasteiger partial charge in [-0.05, 0) is 50.2 Å². The monoisotopic (exact) mass is 342 g/mol. The minimum atomic E-state index is -0.0498. The van der Waals surface area contributed by atoms with Crippen molar-refractivity contribution in [3.63, 3.8) is 0 Å². The molecule has 2 N–H and O–H groups in total. The van der Waals surface area contributed by atoms with E-state index in [4.69, 9.17) is 15.6 Å². The topological polar surface area (TPSA) is 81.6 Å². The molecule has 7 heteroatoms. The molecule has 2 saturated carbocycles. The quantitative estimate of drug-likeness (QED) is 0.895. The average Bonchev–Trinajstić information content (AvgIpc) is 3.20. The third-order valence-corrected chi connectivity index (χ3v) is 6.23. The van der Waals surface area contributed by atoms with Crippen LogP contribution < -0.4 is 10.6 Å². The summed E-state index contributed by atoms with van der Waals surface area (Å²) in [5.41, 5.74) is 6.87. The van der Waals surface area contributed by atoms with Gasteiger partial charge in [-0.3, -0.25) is 0 Å². The van der Waals surface area contributed by atoms with Gasteiger partial charge >= 0.3 is 0 Å². The molecule has 5 rings (SSSR count). The molecule has 1 aliphatic heterocycles. The average molecular weight is 342 g/mol. The fraction of sp³-hybridized carbons (Fsp3) is 0.722. The molecular formula is C18H26N6O. The number of hydrogen-bond acceptors (Lipinski definition) is 6. The Morgan fingerprint density at radius 1 is 1.24 bits per heavy atom. The van der Waals surface area contributed by atoms with E-state index in [0.29, 0.717) is 17.9 Å². The molecule has 1 saturated heterocycles. The minimum Gasteiger partial charge on any atom is -0.371 e. The Bertz CT molecular complexity index is 781. The van der Waals surface area contributed by atoms with E-state index in [1.165, 1.54) is 6.42 Å². The molecule has 3 aliphatic rings. The first kappa shape index (κ1) is 15.5. The number of nitrogens with two attached hydrogens (primary N) is 1. The zero-order valence-corrected chi connectivity index (χ0v) is 14.8. The fourth-order valence-electron chi connectivity index (χ4n) is 4.39. The predicted molar refractivity (Wildman–Crippen MR) is 94.6 cm³/mol. The largest absolute Gasteiger partial charge is 0.371 e. The third kappa shape index (κ3) is 2.69. The highest BCUT2D eigenvalue weighted by atomic mass is 16.5. The first-order valence-electron chi connectivity index (χ1n) is 9.50. The van der Waals surface area contributed by atoms with E-state index >= 15 is 0 Å². The molecule has 2 atom stereocenters. The van der Waals surface area contributed by atoms with Crippen molar-refractivity contribution in [1.29, 1.82) is 0 Å². The highest BCUT2D eigenvalue weighted by Gasteiger charge is 2.41. The molecule has 0 aromatic carbocycles. The highest BCUT2D eigenvalue weighted by Crippen LogP contribution is 2.46. The summed E-state index contributed by atoms with van der Waals surface area (Å²) >= 11 is 0. The lowest BCUT2D eigenvalue weighted by molar-refractivity contribution is -0.0807. The van der Waals surface area contributed by atoms with Gasteiger partial charge in [-0.25, -0.2) is 0 Å². The van der Waals surface area contributed by atoms with Crippen LogP contribution in [-0.2, 0) is 4.74 Å².